The number of rotatable bonds is 6. The van der Waals surface area contributed by atoms with Crippen LogP contribution in [0, 0.1) is 11.3 Å². The summed E-state index contributed by atoms with van der Waals surface area (Å²) in [6.07, 6.45) is 5.96. The molecule has 1 unspecified atom stereocenters. The van der Waals surface area contributed by atoms with Crippen molar-refractivity contribution in [2.24, 2.45) is 0 Å². The lowest BCUT2D eigenvalue weighted by Gasteiger charge is -2.17. The molecule has 1 heterocycles. The Labute approximate surface area is 180 Å². The van der Waals surface area contributed by atoms with E-state index in [4.69, 9.17) is 21.3 Å². The van der Waals surface area contributed by atoms with Crippen LogP contribution in [0.4, 0.5) is 5.69 Å². The van der Waals surface area contributed by atoms with Gasteiger partial charge in [0.25, 0.3) is 0 Å². The molecule has 0 aliphatic heterocycles. The fourth-order valence-electron chi connectivity index (χ4n) is 3.39. The summed E-state index contributed by atoms with van der Waals surface area (Å²) in [6, 6.07) is 9.35. The maximum atomic E-state index is 12.8. The Morgan fingerprint density at radius 2 is 2.14 bits per heavy atom. The smallest absolute Gasteiger partial charge is 0.237 e. The van der Waals surface area contributed by atoms with E-state index in [0.717, 1.165) is 31.4 Å². The summed E-state index contributed by atoms with van der Waals surface area (Å²) in [6.45, 7) is 1.95. The number of aryl methyl sites for hydroxylation is 2. The molecule has 3 rings (SSSR count). The Bertz CT molecular complexity index is 942. The Hall–Kier alpha value is -2.23. The van der Waals surface area contributed by atoms with Gasteiger partial charge >= 0.3 is 0 Å². The molecule has 0 fully saturated rings. The van der Waals surface area contributed by atoms with Crippen molar-refractivity contribution in [2.45, 2.75) is 55.7 Å². The van der Waals surface area contributed by atoms with Gasteiger partial charge in [0.2, 0.25) is 5.91 Å². The molecule has 0 bridgehead atoms. The second-order valence-electron chi connectivity index (χ2n) is 6.97. The van der Waals surface area contributed by atoms with E-state index in [1.54, 1.807) is 25.3 Å². The highest BCUT2D eigenvalue weighted by Gasteiger charge is 2.22. The molecule has 1 amide bonds. The Morgan fingerprint density at radius 1 is 1.34 bits per heavy atom. The molecule has 152 valence electrons. The van der Waals surface area contributed by atoms with Crippen LogP contribution >= 0.6 is 23.4 Å². The van der Waals surface area contributed by atoms with Crippen LogP contribution in [0.25, 0.3) is 0 Å². The number of hydrogen-bond acceptors (Lipinski definition) is 5. The number of ether oxygens (including phenoxy) is 1. The molecule has 0 saturated heterocycles. The third kappa shape index (κ3) is 5.23. The number of thioether (sulfide) groups is 1. The van der Waals surface area contributed by atoms with Crippen LogP contribution in [0.3, 0.4) is 0 Å². The van der Waals surface area contributed by atoms with Gasteiger partial charge in [0, 0.05) is 11.4 Å². The molecule has 1 aliphatic carbocycles. The van der Waals surface area contributed by atoms with Crippen molar-refractivity contribution in [3.8, 4) is 11.8 Å². The highest BCUT2D eigenvalue weighted by atomic mass is 35.5. The average Bonchev–Trinajstić information content (AvgIpc) is 2.96. The number of methoxy groups -OCH3 is 1. The number of amides is 1. The van der Waals surface area contributed by atoms with Gasteiger partial charge in [0.15, 0.2) is 0 Å². The number of nitriles is 1. The van der Waals surface area contributed by atoms with E-state index < -0.39 is 0 Å². The van der Waals surface area contributed by atoms with E-state index in [1.165, 1.54) is 23.7 Å². The number of benzene rings is 1. The Balaban J connectivity index is 1.78. The number of halogens is 1. The highest BCUT2D eigenvalue weighted by Crippen LogP contribution is 2.32. The van der Waals surface area contributed by atoms with E-state index in [-0.39, 0.29) is 11.2 Å². The fraction of sp³-hybridized carbons (Fsp3) is 0.409. The van der Waals surface area contributed by atoms with Gasteiger partial charge in [-0.05, 0) is 61.9 Å². The third-order valence-electron chi connectivity index (χ3n) is 4.97. The van der Waals surface area contributed by atoms with Crippen LogP contribution in [-0.2, 0) is 17.6 Å². The zero-order valence-corrected chi connectivity index (χ0v) is 18.2. The summed E-state index contributed by atoms with van der Waals surface area (Å²) in [7, 11) is 1.55. The van der Waals surface area contributed by atoms with Gasteiger partial charge in [-0.1, -0.05) is 36.7 Å². The van der Waals surface area contributed by atoms with Crippen molar-refractivity contribution < 1.29 is 9.53 Å². The number of anilines is 1. The maximum Gasteiger partial charge on any atom is 0.237 e. The standard InChI is InChI=1S/C22H24ClN3O2S/c1-3-20(21(27)25-16-9-10-19(28-2)17(23)12-16)29-22-15(13-24)11-14-7-5-4-6-8-18(14)26-22/h9-12,20H,3-8H2,1-2H3,(H,25,27). The van der Waals surface area contributed by atoms with Gasteiger partial charge in [-0.25, -0.2) is 4.98 Å². The first-order valence-electron chi connectivity index (χ1n) is 9.79. The quantitative estimate of drug-likeness (QED) is 0.492. The first-order valence-corrected chi connectivity index (χ1v) is 11.1. The molecule has 0 spiro atoms. The normalized spacial score (nSPS) is 14.3. The van der Waals surface area contributed by atoms with Crippen molar-refractivity contribution in [1.82, 2.24) is 4.98 Å². The lowest BCUT2D eigenvalue weighted by molar-refractivity contribution is -0.115. The number of fused-ring (bicyclic) bond motifs is 1. The molecule has 29 heavy (non-hydrogen) atoms. The van der Waals surface area contributed by atoms with E-state index >= 15 is 0 Å². The van der Waals surface area contributed by atoms with Crippen molar-refractivity contribution in [3.63, 3.8) is 0 Å². The van der Waals surface area contributed by atoms with Crippen molar-refractivity contribution in [3.05, 3.63) is 46.1 Å². The number of nitrogens with zero attached hydrogens (tertiary/aromatic N) is 2. The summed E-state index contributed by atoms with van der Waals surface area (Å²) < 4.78 is 5.14. The molecule has 2 aromatic rings. The van der Waals surface area contributed by atoms with Gasteiger partial charge in [-0.15, -0.1) is 0 Å². The maximum absolute atomic E-state index is 12.8. The summed E-state index contributed by atoms with van der Waals surface area (Å²) in [5.74, 6) is 0.415. The van der Waals surface area contributed by atoms with Crippen LogP contribution in [0.2, 0.25) is 5.02 Å². The lowest BCUT2D eigenvalue weighted by Crippen LogP contribution is -2.25. The van der Waals surface area contributed by atoms with Gasteiger partial charge in [0.05, 0.1) is 22.9 Å². The minimum atomic E-state index is -0.362. The van der Waals surface area contributed by atoms with Crippen LogP contribution in [0.1, 0.15) is 49.4 Å². The molecular weight excluding hydrogens is 406 g/mol. The second-order valence-corrected chi connectivity index (χ2v) is 8.57. The van der Waals surface area contributed by atoms with Crippen molar-refractivity contribution in [2.75, 3.05) is 12.4 Å². The predicted molar refractivity (Wildman–Crippen MR) is 117 cm³/mol. The summed E-state index contributed by atoms with van der Waals surface area (Å²) in [4.78, 5) is 17.6. The predicted octanol–water partition coefficient (Wildman–Crippen LogP) is 5.39. The van der Waals surface area contributed by atoms with Gasteiger partial charge in [-0.2, -0.15) is 5.26 Å². The number of carbonyl (C=O) groups excluding carboxylic acids is 1. The number of carbonyl (C=O) groups is 1. The second kappa shape index (κ2) is 10.00. The number of hydrogen-bond donors (Lipinski definition) is 1. The minimum absolute atomic E-state index is 0.139. The zero-order valence-electron chi connectivity index (χ0n) is 16.6. The lowest BCUT2D eigenvalue weighted by atomic mass is 10.1. The van der Waals surface area contributed by atoms with Gasteiger partial charge < -0.3 is 10.1 Å². The number of aromatic nitrogens is 1. The molecular formula is C22H24ClN3O2S. The molecule has 1 aromatic carbocycles. The largest absolute Gasteiger partial charge is 0.495 e. The molecule has 1 atom stereocenters. The minimum Gasteiger partial charge on any atom is -0.495 e. The molecule has 1 aliphatic rings. The fourth-order valence-corrected chi connectivity index (χ4v) is 4.64. The van der Waals surface area contributed by atoms with Crippen molar-refractivity contribution >= 4 is 35.0 Å². The van der Waals surface area contributed by atoms with Crippen LogP contribution < -0.4 is 10.1 Å². The molecule has 1 N–H and O–H groups in total. The van der Waals surface area contributed by atoms with Crippen LogP contribution in [-0.4, -0.2) is 23.3 Å². The third-order valence-corrected chi connectivity index (χ3v) is 6.63. The molecule has 7 heteroatoms. The molecule has 0 saturated carbocycles. The Morgan fingerprint density at radius 3 is 2.83 bits per heavy atom. The Kier molecular flexibility index (Phi) is 7.40. The summed E-state index contributed by atoms with van der Waals surface area (Å²) in [5, 5.41) is 13.2. The van der Waals surface area contributed by atoms with Crippen LogP contribution in [0.15, 0.2) is 29.3 Å². The van der Waals surface area contributed by atoms with E-state index in [1.807, 2.05) is 13.0 Å². The van der Waals surface area contributed by atoms with Crippen molar-refractivity contribution in [1.29, 1.82) is 5.26 Å². The van der Waals surface area contributed by atoms with Gasteiger partial charge in [0.1, 0.15) is 16.8 Å². The number of nitrogens with one attached hydrogen (secondary N) is 1. The average molecular weight is 430 g/mol. The van der Waals surface area contributed by atoms with E-state index in [9.17, 15) is 10.1 Å². The SMILES string of the molecule is CCC(Sc1nc2c(cc1C#N)CCCCC2)C(=O)Nc1ccc(OC)c(Cl)c1. The summed E-state index contributed by atoms with van der Waals surface area (Å²) in [5.41, 5.74) is 3.40. The summed E-state index contributed by atoms with van der Waals surface area (Å²) >= 11 is 7.50. The topological polar surface area (TPSA) is 75.0 Å². The first kappa shape index (κ1) is 21.5. The van der Waals surface area contributed by atoms with Gasteiger partial charge in [-0.3, -0.25) is 4.79 Å². The molecule has 1 aromatic heterocycles. The number of pyridine rings is 1. The molecule has 0 radical (unpaired) electrons. The first-order chi connectivity index (χ1) is 14.0. The van der Waals surface area contributed by atoms with E-state index in [2.05, 4.69) is 11.4 Å². The highest BCUT2D eigenvalue weighted by molar-refractivity contribution is 8.00. The monoisotopic (exact) mass is 429 g/mol. The molecule has 5 nitrogen and oxygen atoms in total. The van der Waals surface area contributed by atoms with Crippen LogP contribution in [0.5, 0.6) is 5.75 Å². The van der Waals surface area contributed by atoms with E-state index in [0.29, 0.717) is 33.5 Å². The zero-order chi connectivity index (χ0) is 20.8.